The average molecular weight is 385 g/mol. The molecule has 1 fully saturated rings. The SMILES string of the molecule is O=C(O)[C@@H]1CCCN(C(=O)CCNS(=O)(=O)c2ccc([N+](=O)[O-])cc2)C1. The van der Waals surface area contributed by atoms with Crippen LogP contribution < -0.4 is 4.72 Å². The largest absolute Gasteiger partial charge is 0.481 e. The Hall–Kier alpha value is -2.53. The molecular formula is C15H19N3O7S. The number of benzene rings is 1. The fourth-order valence-corrected chi connectivity index (χ4v) is 3.72. The minimum Gasteiger partial charge on any atom is -0.481 e. The van der Waals surface area contributed by atoms with Crippen molar-refractivity contribution in [3.8, 4) is 0 Å². The lowest BCUT2D eigenvalue weighted by molar-refractivity contribution is -0.384. The number of rotatable bonds is 7. The molecule has 1 aromatic carbocycles. The van der Waals surface area contributed by atoms with Gasteiger partial charge in [-0.25, -0.2) is 13.1 Å². The summed E-state index contributed by atoms with van der Waals surface area (Å²) in [6.07, 6.45) is 1.02. The fraction of sp³-hybridized carbons (Fsp3) is 0.467. The molecule has 0 aromatic heterocycles. The number of nitrogens with zero attached hydrogens (tertiary/aromatic N) is 2. The minimum absolute atomic E-state index is 0.0987. The molecule has 0 bridgehead atoms. The van der Waals surface area contributed by atoms with E-state index in [0.717, 1.165) is 24.3 Å². The van der Waals surface area contributed by atoms with Crippen LogP contribution in [0.4, 0.5) is 5.69 Å². The number of hydrogen-bond acceptors (Lipinski definition) is 6. The van der Waals surface area contributed by atoms with Crippen LogP contribution in [0.1, 0.15) is 19.3 Å². The van der Waals surface area contributed by atoms with Crippen molar-refractivity contribution in [2.24, 2.45) is 5.92 Å². The molecule has 0 radical (unpaired) electrons. The van der Waals surface area contributed by atoms with Gasteiger partial charge in [0.1, 0.15) is 0 Å². The summed E-state index contributed by atoms with van der Waals surface area (Å²) >= 11 is 0. The van der Waals surface area contributed by atoms with Gasteiger partial charge in [0.15, 0.2) is 0 Å². The van der Waals surface area contributed by atoms with Gasteiger partial charge < -0.3 is 10.0 Å². The molecule has 0 spiro atoms. The number of piperidine rings is 1. The highest BCUT2D eigenvalue weighted by Crippen LogP contribution is 2.18. The molecule has 11 heteroatoms. The van der Waals surface area contributed by atoms with Gasteiger partial charge >= 0.3 is 5.97 Å². The Kier molecular flexibility index (Phi) is 6.27. The van der Waals surface area contributed by atoms with Crippen molar-refractivity contribution in [3.63, 3.8) is 0 Å². The number of sulfonamides is 1. The molecule has 0 unspecified atom stereocenters. The molecule has 2 N–H and O–H groups in total. The van der Waals surface area contributed by atoms with E-state index in [1.807, 2.05) is 0 Å². The van der Waals surface area contributed by atoms with E-state index in [0.29, 0.717) is 19.4 Å². The third-order valence-corrected chi connectivity index (χ3v) is 5.59. The van der Waals surface area contributed by atoms with Gasteiger partial charge in [0.05, 0.1) is 15.7 Å². The summed E-state index contributed by atoms with van der Waals surface area (Å²) < 4.78 is 26.5. The highest BCUT2D eigenvalue weighted by atomic mass is 32.2. The van der Waals surface area contributed by atoms with Crippen LogP contribution in [0.2, 0.25) is 0 Å². The van der Waals surface area contributed by atoms with E-state index in [1.54, 1.807) is 0 Å². The number of carboxylic acids is 1. The first-order valence-corrected chi connectivity index (χ1v) is 9.44. The Labute approximate surface area is 150 Å². The summed E-state index contributed by atoms with van der Waals surface area (Å²) in [6.45, 7) is 0.438. The minimum atomic E-state index is -3.89. The molecule has 10 nitrogen and oxygen atoms in total. The third-order valence-electron chi connectivity index (χ3n) is 4.11. The molecule has 26 heavy (non-hydrogen) atoms. The molecule has 1 aromatic rings. The number of carboxylic acid groups (broad SMARTS) is 1. The van der Waals surface area contributed by atoms with Crippen molar-refractivity contribution >= 4 is 27.6 Å². The van der Waals surface area contributed by atoms with Crippen molar-refractivity contribution in [2.45, 2.75) is 24.2 Å². The van der Waals surface area contributed by atoms with Gasteiger partial charge in [-0.2, -0.15) is 0 Å². The summed E-state index contributed by atoms with van der Waals surface area (Å²) in [5.41, 5.74) is -0.225. The molecule has 1 heterocycles. The summed E-state index contributed by atoms with van der Waals surface area (Å²) in [6, 6.07) is 4.40. The van der Waals surface area contributed by atoms with Gasteiger partial charge in [0.25, 0.3) is 5.69 Å². The first-order chi connectivity index (χ1) is 12.2. The van der Waals surface area contributed by atoms with Crippen LogP contribution in [0.5, 0.6) is 0 Å². The Morgan fingerprint density at radius 1 is 1.31 bits per heavy atom. The van der Waals surface area contributed by atoms with Crippen LogP contribution in [-0.2, 0) is 19.6 Å². The monoisotopic (exact) mass is 385 g/mol. The van der Waals surface area contributed by atoms with E-state index in [4.69, 9.17) is 5.11 Å². The van der Waals surface area contributed by atoms with E-state index in [2.05, 4.69) is 4.72 Å². The molecule has 1 amide bonds. The van der Waals surface area contributed by atoms with E-state index < -0.39 is 26.8 Å². The number of nitro benzene ring substituents is 1. The molecule has 1 saturated heterocycles. The fourth-order valence-electron chi connectivity index (χ4n) is 2.69. The average Bonchev–Trinajstić information content (AvgIpc) is 2.61. The zero-order valence-corrected chi connectivity index (χ0v) is 14.6. The molecule has 0 saturated carbocycles. The highest BCUT2D eigenvalue weighted by Gasteiger charge is 2.28. The Balaban J connectivity index is 1.88. The van der Waals surface area contributed by atoms with Crippen LogP contribution in [0.3, 0.4) is 0 Å². The quantitative estimate of drug-likeness (QED) is 0.515. The van der Waals surface area contributed by atoms with E-state index in [-0.39, 0.29) is 36.0 Å². The predicted molar refractivity (Wildman–Crippen MR) is 89.8 cm³/mol. The second kappa shape index (κ2) is 8.23. The highest BCUT2D eigenvalue weighted by molar-refractivity contribution is 7.89. The Morgan fingerprint density at radius 2 is 1.96 bits per heavy atom. The Morgan fingerprint density at radius 3 is 2.54 bits per heavy atom. The molecule has 142 valence electrons. The standard InChI is InChI=1S/C15H19N3O7S/c19-14(17-9-1-2-11(10-17)15(20)21)7-8-16-26(24,25)13-5-3-12(4-6-13)18(22)23/h3-6,11,16H,1-2,7-10H2,(H,20,21)/t11-/m1/s1. The molecule has 1 atom stereocenters. The zero-order valence-electron chi connectivity index (χ0n) is 13.8. The lowest BCUT2D eigenvalue weighted by Gasteiger charge is -2.30. The summed E-state index contributed by atoms with van der Waals surface area (Å²) in [5.74, 6) is -1.85. The van der Waals surface area contributed by atoms with Gasteiger partial charge in [0, 0.05) is 38.2 Å². The number of hydrogen-bond donors (Lipinski definition) is 2. The van der Waals surface area contributed by atoms with Crippen molar-refractivity contribution in [2.75, 3.05) is 19.6 Å². The third kappa shape index (κ3) is 4.99. The lowest BCUT2D eigenvalue weighted by atomic mass is 9.98. The maximum absolute atomic E-state index is 12.1. The van der Waals surface area contributed by atoms with Gasteiger partial charge in [-0.3, -0.25) is 19.7 Å². The summed E-state index contributed by atoms with van der Waals surface area (Å²) in [7, 11) is -3.89. The predicted octanol–water partition coefficient (Wildman–Crippen LogP) is 0.586. The number of aliphatic carboxylic acids is 1. The number of amides is 1. The van der Waals surface area contributed by atoms with Crippen molar-refractivity contribution < 1.29 is 28.0 Å². The van der Waals surface area contributed by atoms with Crippen molar-refractivity contribution in [1.29, 1.82) is 0 Å². The number of carbonyl (C=O) groups is 2. The van der Waals surface area contributed by atoms with Gasteiger partial charge in [-0.1, -0.05) is 0 Å². The second-order valence-electron chi connectivity index (χ2n) is 5.92. The lowest BCUT2D eigenvalue weighted by Crippen LogP contribution is -2.43. The maximum Gasteiger partial charge on any atom is 0.308 e. The number of nitro groups is 1. The van der Waals surface area contributed by atoms with Crippen LogP contribution in [0, 0.1) is 16.0 Å². The smallest absolute Gasteiger partial charge is 0.308 e. The van der Waals surface area contributed by atoms with Crippen LogP contribution in [0.15, 0.2) is 29.2 Å². The number of carbonyl (C=O) groups excluding carboxylic acids is 1. The maximum atomic E-state index is 12.1. The van der Waals surface area contributed by atoms with Crippen LogP contribution in [0.25, 0.3) is 0 Å². The van der Waals surface area contributed by atoms with E-state index >= 15 is 0 Å². The zero-order chi connectivity index (χ0) is 19.3. The first-order valence-electron chi connectivity index (χ1n) is 7.95. The van der Waals surface area contributed by atoms with Gasteiger partial charge in [0.2, 0.25) is 15.9 Å². The number of likely N-dealkylation sites (tertiary alicyclic amines) is 1. The van der Waals surface area contributed by atoms with Crippen molar-refractivity contribution in [3.05, 3.63) is 34.4 Å². The molecule has 1 aliphatic heterocycles. The number of non-ortho nitro benzene ring substituents is 1. The van der Waals surface area contributed by atoms with Crippen LogP contribution >= 0.6 is 0 Å². The second-order valence-corrected chi connectivity index (χ2v) is 7.68. The topological polar surface area (TPSA) is 147 Å². The normalized spacial score (nSPS) is 17.7. The summed E-state index contributed by atoms with van der Waals surface area (Å²) in [5, 5.41) is 19.6. The Bertz CT molecular complexity index is 792. The number of nitrogens with one attached hydrogen (secondary N) is 1. The molecule has 2 rings (SSSR count). The summed E-state index contributed by atoms with van der Waals surface area (Å²) in [4.78, 5) is 34.4. The van der Waals surface area contributed by atoms with Gasteiger partial charge in [-0.05, 0) is 25.0 Å². The van der Waals surface area contributed by atoms with E-state index in [1.165, 1.54) is 4.90 Å². The van der Waals surface area contributed by atoms with E-state index in [9.17, 15) is 28.1 Å². The first kappa shape index (κ1) is 19.8. The molecular weight excluding hydrogens is 366 g/mol. The van der Waals surface area contributed by atoms with Crippen molar-refractivity contribution in [1.82, 2.24) is 9.62 Å². The molecule has 1 aliphatic rings. The molecule has 0 aliphatic carbocycles. The van der Waals surface area contributed by atoms with Crippen LogP contribution in [-0.4, -0.2) is 54.9 Å². The van der Waals surface area contributed by atoms with Gasteiger partial charge in [-0.15, -0.1) is 0 Å².